The lowest BCUT2D eigenvalue weighted by atomic mass is 10.2. The van der Waals surface area contributed by atoms with Crippen molar-refractivity contribution in [2.45, 2.75) is 13.3 Å². The average Bonchev–Trinajstić information content (AvgIpc) is 3.04. The summed E-state index contributed by atoms with van der Waals surface area (Å²) in [4.78, 5) is 18.2. The molecule has 1 aliphatic carbocycles. The normalized spacial score (nSPS) is 21.4. The minimum absolute atomic E-state index is 0.0522. The van der Waals surface area contributed by atoms with E-state index in [0.717, 1.165) is 12.5 Å². The van der Waals surface area contributed by atoms with Gasteiger partial charge >= 0.3 is 0 Å². The van der Waals surface area contributed by atoms with Crippen LogP contribution in [0.4, 0.5) is 0 Å². The molecular formula is C13H17N3OS. The summed E-state index contributed by atoms with van der Waals surface area (Å²) < 4.78 is 0. The highest BCUT2D eigenvalue weighted by atomic mass is 32.1. The zero-order valence-electron chi connectivity index (χ0n) is 10.6. The van der Waals surface area contributed by atoms with E-state index >= 15 is 0 Å². The zero-order valence-corrected chi connectivity index (χ0v) is 11.4. The maximum atomic E-state index is 12.1. The lowest BCUT2D eigenvalue weighted by Crippen LogP contribution is -2.29. The van der Waals surface area contributed by atoms with Gasteiger partial charge in [0.15, 0.2) is 0 Å². The van der Waals surface area contributed by atoms with Crippen molar-refractivity contribution in [2.75, 3.05) is 13.6 Å². The van der Waals surface area contributed by atoms with Crippen LogP contribution in [0.15, 0.2) is 18.3 Å². The van der Waals surface area contributed by atoms with E-state index < -0.39 is 0 Å². The molecule has 4 nitrogen and oxygen atoms in total. The molecule has 2 rings (SSSR count). The molecule has 2 N–H and O–H groups in total. The Bertz CT molecular complexity index is 472. The fourth-order valence-electron chi connectivity index (χ4n) is 1.95. The van der Waals surface area contributed by atoms with Crippen molar-refractivity contribution in [1.29, 1.82) is 0 Å². The molecule has 1 heterocycles. The number of nitrogens with zero attached hydrogens (tertiary/aromatic N) is 2. The number of carbonyl (C=O) groups is 1. The maximum Gasteiger partial charge on any atom is 0.272 e. The number of amides is 1. The molecule has 1 saturated carbocycles. The Morgan fingerprint density at radius 3 is 2.72 bits per heavy atom. The van der Waals surface area contributed by atoms with Crippen molar-refractivity contribution in [2.24, 2.45) is 17.6 Å². The number of aromatic nitrogens is 1. The highest BCUT2D eigenvalue weighted by molar-refractivity contribution is 7.80. The van der Waals surface area contributed by atoms with Crippen molar-refractivity contribution in [1.82, 2.24) is 9.88 Å². The van der Waals surface area contributed by atoms with Gasteiger partial charge in [-0.25, -0.2) is 0 Å². The number of hydrogen-bond acceptors (Lipinski definition) is 3. The Morgan fingerprint density at radius 1 is 1.61 bits per heavy atom. The molecule has 1 aliphatic rings. The molecule has 0 radical (unpaired) electrons. The van der Waals surface area contributed by atoms with Crippen LogP contribution in [0.25, 0.3) is 0 Å². The summed E-state index contributed by atoms with van der Waals surface area (Å²) in [6, 6.07) is 3.40. The third-order valence-electron chi connectivity index (χ3n) is 3.40. The molecule has 1 aromatic heterocycles. The van der Waals surface area contributed by atoms with Crippen LogP contribution in [0.3, 0.4) is 0 Å². The number of nitrogens with two attached hydrogens (primary N) is 1. The molecule has 1 aromatic rings. The van der Waals surface area contributed by atoms with Crippen molar-refractivity contribution in [3.63, 3.8) is 0 Å². The summed E-state index contributed by atoms with van der Waals surface area (Å²) in [7, 11) is 1.82. The number of pyridine rings is 1. The van der Waals surface area contributed by atoms with Gasteiger partial charge in [-0.15, -0.1) is 0 Å². The Labute approximate surface area is 112 Å². The minimum atomic E-state index is -0.0522. The highest BCUT2D eigenvalue weighted by Gasteiger charge is 2.34. The molecule has 0 aliphatic heterocycles. The van der Waals surface area contributed by atoms with Gasteiger partial charge in [0.25, 0.3) is 5.91 Å². The molecule has 0 saturated heterocycles. The summed E-state index contributed by atoms with van der Waals surface area (Å²) in [5.41, 5.74) is 6.60. The van der Waals surface area contributed by atoms with Gasteiger partial charge < -0.3 is 10.6 Å². The van der Waals surface area contributed by atoms with Crippen LogP contribution in [0.2, 0.25) is 0 Å². The summed E-state index contributed by atoms with van der Waals surface area (Å²) in [5.74, 6) is 1.34. The van der Waals surface area contributed by atoms with E-state index in [1.54, 1.807) is 23.2 Å². The number of carbonyl (C=O) groups excluding carboxylic acids is 1. The second kappa shape index (κ2) is 5.02. The smallest absolute Gasteiger partial charge is 0.272 e. The molecule has 2 atom stereocenters. The second-order valence-corrected chi connectivity index (χ2v) is 5.39. The van der Waals surface area contributed by atoms with Gasteiger partial charge in [0.1, 0.15) is 10.7 Å². The van der Waals surface area contributed by atoms with Crippen molar-refractivity contribution < 1.29 is 4.79 Å². The average molecular weight is 263 g/mol. The van der Waals surface area contributed by atoms with Gasteiger partial charge in [0.2, 0.25) is 0 Å². The molecule has 0 spiro atoms. The molecule has 1 amide bonds. The van der Waals surface area contributed by atoms with E-state index in [-0.39, 0.29) is 5.91 Å². The second-order valence-electron chi connectivity index (χ2n) is 4.96. The molecule has 5 heteroatoms. The number of thiocarbonyl (C=S) groups is 1. The fourth-order valence-corrected chi connectivity index (χ4v) is 2.07. The summed E-state index contributed by atoms with van der Waals surface area (Å²) in [6.07, 6.45) is 2.76. The first-order chi connectivity index (χ1) is 8.49. The largest absolute Gasteiger partial charge is 0.389 e. The summed E-state index contributed by atoms with van der Waals surface area (Å²) >= 11 is 4.84. The monoisotopic (exact) mass is 263 g/mol. The Hall–Kier alpha value is -1.49. The summed E-state index contributed by atoms with van der Waals surface area (Å²) in [5, 5.41) is 0. The number of rotatable bonds is 4. The SMILES string of the molecule is CC1CC1CN(C)C(=O)c1ccc(C(N)=S)cn1. The minimum Gasteiger partial charge on any atom is -0.389 e. The van der Waals surface area contributed by atoms with Crippen molar-refractivity contribution in [3.05, 3.63) is 29.6 Å². The van der Waals surface area contributed by atoms with E-state index in [1.807, 2.05) is 7.05 Å². The number of hydrogen-bond donors (Lipinski definition) is 1. The van der Waals surface area contributed by atoms with E-state index in [9.17, 15) is 4.79 Å². The van der Waals surface area contributed by atoms with Gasteiger partial charge in [0, 0.05) is 25.4 Å². The van der Waals surface area contributed by atoms with E-state index in [0.29, 0.717) is 22.2 Å². The first-order valence-electron chi connectivity index (χ1n) is 6.00. The molecule has 1 fully saturated rings. The molecule has 0 bridgehead atoms. The van der Waals surface area contributed by atoms with Crippen LogP contribution in [0, 0.1) is 11.8 Å². The topological polar surface area (TPSA) is 59.2 Å². The lowest BCUT2D eigenvalue weighted by Gasteiger charge is -2.16. The highest BCUT2D eigenvalue weighted by Crippen LogP contribution is 2.38. The van der Waals surface area contributed by atoms with Crippen LogP contribution in [-0.2, 0) is 0 Å². The lowest BCUT2D eigenvalue weighted by molar-refractivity contribution is 0.0781. The molecule has 2 unspecified atom stereocenters. The Kier molecular flexibility index (Phi) is 3.61. The van der Waals surface area contributed by atoms with Crippen LogP contribution < -0.4 is 5.73 Å². The standard InChI is InChI=1S/C13H17N3OS/c1-8-5-10(8)7-16(2)13(17)11-4-3-9(6-15-11)12(14)18/h3-4,6,8,10H,5,7H2,1-2H3,(H2,14,18). The van der Waals surface area contributed by atoms with Gasteiger partial charge in [-0.2, -0.15) is 0 Å². The molecule has 96 valence electrons. The zero-order chi connectivity index (χ0) is 13.3. The summed E-state index contributed by atoms with van der Waals surface area (Å²) in [6.45, 7) is 3.01. The quantitative estimate of drug-likeness (QED) is 0.835. The van der Waals surface area contributed by atoms with Crippen molar-refractivity contribution >= 4 is 23.1 Å². The predicted octanol–water partition coefficient (Wildman–Crippen LogP) is 1.44. The van der Waals surface area contributed by atoms with Crippen LogP contribution in [0.5, 0.6) is 0 Å². The van der Waals surface area contributed by atoms with E-state index in [4.69, 9.17) is 18.0 Å². The van der Waals surface area contributed by atoms with E-state index in [2.05, 4.69) is 11.9 Å². The van der Waals surface area contributed by atoms with Gasteiger partial charge in [-0.3, -0.25) is 9.78 Å². The van der Waals surface area contributed by atoms with Gasteiger partial charge in [0.05, 0.1) is 0 Å². The first kappa shape index (κ1) is 13.0. The third kappa shape index (κ3) is 2.85. The van der Waals surface area contributed by atoms with Crippen LogP contribution >= 0.6 is 12.2 Å². The fraction of sp³-hybridized carbons (Fsp3) is 0.462. The van der Waals surface area contributed by atoms with Gasteiger partial charge in [-0.1, -0.05) is 19.1 Å². The van der Waals surface area contributed by atoms with Crippen molar-refractivity contribution in [3.8, 4) is 0 Å². The molecule has 18 heavy (non-hydrogen) atoms. The maximum absolute atomic E-state index is 12.1. The molecular weight excluding hydrogens is 246 g/mol. The Balaban J connectivity index is 2.01. The van der Waals surface area contributed by atoms with Crippen LogP contribution in [0.1, 0.15) is 29.4 Å². The van der Waals surface area contributed by atoms with E-state index in [1.165, 1.54) is 6.42 Å². The predicted molar refractivity (Wildman–Crippen MR) is 74.4 cm³/mol. The van der Waals surface area contributed by atoms with Gasteiger partial charge in [-0.05, 0) is 30.4 Å². The van der Waals surface area contributed by atoms with Crippen LogP contribution in [-0.4, -0.2) is 34.4 Å². The molecule has 0 aromatic carbocycles. The Morgan fingerprint density at radius 2 is 2.28 bits per heavy atom. The first-order valence-corrected chi connectivity index (χ1v) is 6.41. The third-order valence-corrected chi connectivity index (χ3v) is 3.63.